The molecule has 0 saturated heterocycles. The largest absolute Gasteiger partial charge is 0.466 e. The van der Waals surface area contributed by atoms with Crippen LogP contribution >= 0.6 is 0 Å². The highest BCUT2D eigenvalue weighted by Crippen LogP contribution is 2.39. The third-order valence-corrected chi connectivity index (χ3v) is 4.13. The summed E-state index contributed by atoms with van der Waals surface area (Å²) in [5, 5.41) is 13.7. The van der Waals surface area contributed by atoms with Gasteiger partial charge in [-0.25, -0.2) is 0 Å². The maximum Gasteiger partial charge on any atom is 0.309 e. The number of ether oxygens (including phenoxy) is 1. The van der Waals surface area contributed by atoms with E-state index in [1.165, 1.54) is 0 Å². The van der Waals surface area contributed by atoms with Gasteiger partial charge in [0.25, 0.3) is 0 Å². The third-order valence-electron chi connectivity index (χ3n) is 4.13. The van der Waals surface area contributed by atoms with Crippen molar-refractivity contribution in [1.29, 1.82) is 0 Å². The number of nitrogens with one attached hydrogen (secondary N) is 1. The van der Waals surface area contributed by atoms with Gasteiger partial charge >= 0.3 is 5.97 Å². The van der Waals surface area contributed by atoms with E-state index in [9.17, 15) is 9.90 Å². The number of hydrogen-bond acceptors (Lipinski definition) is 4. The lowest BCUT2D eigenvalue weighted by atomic mass is 9.71. The number of carbonyl (C=O) groups is 1. The number of hydrogen-bond donors (Lipinski definition) is 2. The first-order valence-electron chi connectivity index (χ1n) is 7.38. The fourth-order valence-electron chi connectivity index (χ4n) is 2.46. The summed E-state index contributed by atoms with van der Waals surface area (Å²) < 4.78 is 4.96. The first kappa shape index (κ1) is 16.4. The van der Waals surface area contributed by atoms with E-state index in [0.29, 0.717) is 25.1 Å². The molecule has 0 bridgehead atoms. The summed E-state index contributed by atoms with van der Waals surface area (Å²) in [5.41, 5.74) is -0.256. The van der Waals surface area contributed by atoms with Crippen molar-refractivity contribution >= 4 is 5.97 Å². The van der Waals surface area contributed by atoms with E-state index in [1.54, 1.807) is 0 Å². The van der Waals surface area contributed by atoms with Gasteiger partial charge in [0.2, 0.25) is 0 Å². The summed E-state index contributed by atoms with van der Waals surface area (Å²) in [6.07, 6.45) is 3.78. The molecule has 1 aliphatic carbocycles. The van der Waals surface area contributed by atoms with Crippen LogP contribution in [0.4, 0.5) is 0 Å². The van der Waals surface area contributed by atoms with Crippen molar-refractivity contribution in [3.63, 3.8) is 0 Å². The molecule has 4 nitrogen and oxygen atoms in total. The lowest BCUT2D eigenvalue weighted by Crippen LogP contribution is -2.46. The Bertz CT molecular complexity index is 292. The molecule has 0 aliphatic heterocycles. The van der Waals surface area contributed by atoms with Gasteiger partial charge in [0.15, 0.2) is 0 Å². The lowest BCUT2D eigenvalue weighted by Gasteiger charge is -2.40. The third kappa shape index (κ3) is 5.49. The van der Waals surface area contributed by atoms with Gasteiger partial charge in [-0.15, -0.1) is 0 Å². The molecule has 2 N–H and O–H groups in total. The van der Waals surface area contributed by atoms with E-state index in [-0.39, 0.29) is 11.9 Å². The van der Waals surface area contributed by atoms with Gasteiger partial charge < -0.3 is 15.2 Å². The van der Waals surface area contributed by atoms with Crippen molar-refractivity contribution in [2.75, 3.05) is 19.7 Å². The van der Waals surface area contributed by atoms with E-state index in [2.05, 4.69) is 19.2 Å². The van der Waals surface area contributed by atoms with Crippen molar-refractivity contribution in [2.24, 2.45) is 11.3 Å². The molecule has 112 valence electrons. The van der Waals surface area contributed by atoms with E-state index < -0.39 is 5.60 Å². The number of esters is 1. The van der Waals surface area contributed by atoms with Crippen LogP contribution in [-0.2, 0) is 9.53 Å². The minimum absolute atomic E-state index is 0.163. The Labute approximate surface area is 116 Å². The van der Waals surface area contributed by atoms with Gasteiger partial charge in [0, 0.05) is 13.1 Å². The Balaban J connectivity index is 2.27. The summed E-state index contributed by atoms with van der Waals surface area (Å²) in [7, 11) is 0. The Hall–Kier alpha value is -0.610. The molecule has 0 heterocycles. The van der Waals surface area contributed by atoms with Gasteiger partial charge in [-0.3, -0.25) is 4.79 Å². The molecular formula is C15H29NO3. The first-order valence-corrected chi connectivity index (χ1v) is 7.38. The minimum atomic E-state index is -0.607. The van der Waals surface area contributed by atoms with E-state index in [0.717, 1.165) is 25.7 Å². The van der Waals surface area contributed by atoms with Gasteiger partial charge in [-0.1, -0.05) is 20.8 Å². The molecule has 1 rings (SSSR count). The molecule has 0 amide bonds. The Morgan fingerprint density at radius 3 is 2.42 bits per heavy atom. The number of aliphatic hydroxyl groups is 1. The highest BCUT2D eigenvalue weighted by Gasteiger charge is 2.36. The van der Waals surface area contributed by atoms with Crippen molar-refractivity contribution in [3.8, 4) is 0 Å². The second-order valence-electron chi connectivity index (χ2n) is 6.67. The van der Waals surface area contributed by atoms with Gasteiger partial charge in [-0.2, -0.15) is 0 Å². The lowest BCUT2D eigenvalue weighted by molar-refractivity contribution is -0.147. The molecule has 4 heteroatoms. The highest BCUT2D eigenvalue weighted by molar-refractivity contribution is 5.72. The standard InChI is InChI=1S/C15H29NO3/c1-5-19-13(17)12(2)10-16-11-15(18)8-6-14(3,4)7-9-15/h12,16,18H,5-11H2,1-4H3. The molecule has 1 saturated carbocycles. The minimum Gasteiger partial charge on any atom is -0.466 e. The summed E-state index contributed by atoms with van der Waals surface area (Å²) in [4.78, 5) is 11.5. The topological polar surface area (TPSA) is 58.6 Å². The van der Waals surface area contributed by atoms with Crippen LogP contribution in [0.25, 0.3) is 0 Å². The second kappa shape index (κ2) is 6.71. The number of carbonyl (C=O) groups excluding carboxylic acids is 1. The SMILES string of the molecule is CCOC(=O)C(C)CNCC1(O)CCC(C)(C)CC1. The molecule has 1 unspecified atom stereocenters. The summed E-state index contributed by atoms with van der Waals surface area (Å²) in [5.74, 6) is -0.338. The second-order valence-corrected chi connectivity index (χ2v) is 6.67. The summed E-state index contributed by atoms with van der Waals surface area (Å²) >= 11 is 0. The number of rotatable bonds is 6. The molecule has 0 aromatic heterocycles. The molecule has 0 aromatic carbocycles. The van der Waals surface area contributed by atoms with Crippen LogP contribution < -0.4 is 5.32 Å². The molecule has 0 aromatic rings. The van der Waals surface area contributed by atoms with Crippen LogP contribution in [-0.4, -0.2) is 36.4 Å². The molecule has 1 atom stereocenters. The zero-order chi connectivity index (χ0) is 14.5. The van der Waals surface area contributed by atoms with E-state index >= 15 is 0 Å². The average molecular weight is 271 g/mol. The fraction of sp³-hybridized carbons (Fsp3) is 0.933. The van der Waals surface area contributed by atoms with Gasteiger partial charge in [0.1, 0.15) is 0 Å². The monoisotopic (exact) mass is 271 g/mol. The Morgan fingerprint density at radius 2 is 1.89 bits per heavy atom. The van der Waals surface area contributed by atoms with E-state index in [4.69, 9.17) is 4.74 Å². The normalized spacial score (nSPS) is 22.8. The summed E-state index contributed by atoms with van der Waals surface area (Å²) in [6, 6.07) is 0. The van der Waals surface area contributed by atoms with Crippen LogP contribution in [0, 0.1) is 11.3 Å². The first-order chi connectivity index (χ1) is 8.78. The van der Waals surface area contributed by atoms with Crippen molar-refractivity contribution in [1.82, 2.24) is 5.32 Å². The van der Waals surface area contributed by atoms with Crippen molar-refractivity contribution in [2.45, 2.75) is 59.0 Å². The average Bonchev–Trinajstić information content (AvgIpc) is 2.34. The Morgan fingerprint density at radius 1 is 1.32 bits per heavy atom. The van der Waals surface area contributed by atoms with E-state index in [1.807, 2.05) is 13.8 Å². The van der Waals surface area contributed by atoms with Crippen LogP contribution in [0.5, 0.6) is 0 Å². The molecular weight excluding hydrogens is 242 g/mol. The maximum absolute atomic E-state index is 11.5. The molecule has 1 aliphatic rings. The Kier molecular flexibility index (Phi) is 5.81. The molecule has 19 heavy (non-hydrogen) atoms. The van der Waals surface area contributed by atoms with Crippen molar-refractivity contribution in [3.05, 3.63) is 0 Å². The zero-order valence-electron chi connectivity index (χ0n) is 12.8. The van der Waals surface area contributed by atoms with Gasteiger partial charge in [-0.05, 0) is 38.0 Å². The predicted molar refractivity (Wildman–Crippen MR) is 75.9 cm³/mol. The smallest absolute Gasteiger partial charge is 0.309 e. The predicted octanol–water partition coefficient (Wildman–Crippen LogP) is 2.11. The van der Waals surface area contributed by atoms with Crippen molar-refractivity contribution < 1.29 is 14.6 Å². The molecule has 1 fully saturated rings. The van der Waals surface area contributed by atoms with Crippen LogP contribution in [0.1, 0.15) is 53.4 Å². The van der Waals surface area contributed by atoms with Crippen LogP contribution in [0.15, 0.2) is 0 Å². The fourth-order valence-corrected chi connectivity index (χ4v) is 2.46. The molecule has 0 spiro atoms. The highest BCUT2D eigenvalue weighted by atomic mass is 16.5. The maximum atomic E-state index is 11.5. The van der Waals surface area contributed by atoms with Crippen LogP contribution in [0.2, 0.25) is 0 Å². The van der Waals surface area contributed by atoms with Gasteiger partial charge in [0.05, 0.1) is 18.1 Å². The molecule has 0 radical (unpaired) electrons. The van der Waals surface area contributed by atoms with Crippen LogP contribution in [0.3, 0.4) is 0 Å². The zero-order valence-corrected chi connectivity index (χ0v) is 12.8. The summed E-state index contributed by atoms with van der Waals surface area (Å²) in [6.45, 7) is 9.70. The quantitative estimate of drug-likeness (QED) is 0.726.